The summed E-state index contributed by atoms with van der Waals surface area (Å²) in [4.78, 5) is 8.26. The first-order chi connectivity index (χ1) is 28.6. The second-order valence-corrected chi connectivity index (χ2v) is 14.2. The summed E-state index contributed by atoms with van der Waals surface area (Å²) in [5.74, 6) is 0.767. The predicted octanol–water partition coefficient (Wildman–Crippen LogP) is 15.0. The number of fused-ring (bicyclic) bond motifs is 6. The third-order valence-corrected chi connectivity index (χ3v) is 11.0. The largest absolute Gasteiger partial charge is 0.454 e. The number of aryl methyl sites for hydroxylation is 1. The lowest BCUT2D eigenvalue weighted by atomic mass is 9.94. The molecule has 2 aromatic heterocycles. The molecule has 274 valence electrons. The smallest absolute Gasteiger partial charge is 0.187 e. The van der Waals surface area contributed by atoms with E-state index in [9.17, 15) is 5.26 Å². The molecule has 0 radical (unpaired) electrons. The Labute approximate surface area is 335 Å². The summed E-state index contributed by atoms with van der Waals surface area (Å²) >= 11 is 0. The minimum absolute atomic E-state index is 0.563. The van der Waals surface area contributed by atoms with Crippen LogP contribution in [0.15, 0.2) is 179 Å². The van der Waals surface area contributed by atoms with E-state index in [1.54, 1.807) is 0 Å². The maximum Gasteiger partial charge on any atom is 0.187 e. The van der Waals surface area contributed by atoms with Crippen molar-refractivity contribution in [1.82, 2.24) is 0 Å². The van der Waals surface area contributed by atoms with Crippen LogP contribution < -0.4 is 9.80 Å². The van der Waals surface area contributed by atoms with Crippen molar-refractivity contribution in [2.24, 2.45) is 0 Å². The Kier molecular flexibility index (Phi) is 8.25. The monoisotopic (exact) mass is 746 g/mol. The molecule has 0 aliphatic carbocycles. The van der Waals surface area contributed by atoms with Gasteiger partial charge in [0.25, 0.3) is 0 Å². The minimum Gasteiger partial charge on any atom is -0.454 e. The Morgan fingerprint density at radius 2 is 1.12 bits per heavy atom. The van der Waals surface area contributed by atoms with Gasteiger partial charge < -0.3 is 18.6 Å². The summed E-state index contributed by atoms with van der Waals surface area (Å²) in [6, 6.07) is 57.4. The summed E-state index contributed by atoms with van der Waals surface area (Å²) in [7, 11) is 0. The van der Waals surface area contributed by atoms with Gasteiger partial charge in [0.2, 0.25) is 0 Å². The number of nitrogens with zero attached hydrogens (tertiary/aromatic N) is 4. The van der Waals surface area contributed by atoms with E-state index in [0.29, 0.717) is 11.3 Å². The molecule has 6 nitrogen and oxygen atoms in total. The maximum atomic E-state index is 9.81. The average molecular weight is 747 g/mol. The van der Waals surface area contributed by atoms with Gasteiger partial charge >= 0.3 is 0 Å². The topological polar surface area (TPSA) is 60.9 Å². The van der Waals surface area contributed by atoms with Crippen LogP contribution in [0.1, 0.15) is 23.8 Å². The van der Waals surface area contributed by atoms with E-state index in [1.807, 2.05) is 91.9 Å². The van der Waals surface area contributed by atoms with Gasteiger partial charge in [0.15, 0.2) is 17.0 Å². The second kappa shape index (κ2) is 13.9. The van der Waals surface area contributed by atoms with Gasteiger partial charge in [-0.15, -0.1) is 0 Å². The van der Waals surface area contributed by atoms with E-state index >= 15 is 0 Å². The number of anilines is 5. The summed E-state index contributed by atoms with van der Waals surface area (Å²) in [6.45, 7) is 11.9. The Hall–Kier alpha value is -8.06. The first-order valence-electron chi connectivity index (χ1n) is 19.1. The van der Waals surface area contributed by atoms with E-state index in [1.165, 1.54) is 0 Å². The SMILES string of the molecule is [C-]#[N+]c1ccc(N(c2c3ccccc3c(N(/C(=C/C)c3oc4ccccc4c3C)c3ccc(C#N)cc3)c3ccccc23)c2cccc3c2oc2ccccc23)cc1. The number of para-hydroxylation sites is 3. The van der Waals surface area contributed by atoms with Crippen molar-refractivity contribution in [3.8, 4) is 6.07 Å². The highest BCUT2D eigenvalue weighted by atomic mass is 16.3. The van der Waals surface area contributed by atoms with Crippen LogP contribution in [0, 0.1) is 24.8 Å². The first kappa shape index (κ1) is 34.4. The molecular weight excluding hydrogens is 713 g/mol. The highest BCUT2D eigenvalue weighted by Gasteiger charge is 2.29. The molecule has 0 spiro atoms. The number of furan rings is 2. The molecule has 6 heteroatoms. The summed E-state index contributed by atoms with van der Waals surface area (Å²) < 4.78 is 13.4. The predicted molar refractivity (Wildman–Crippen MR) is 238 cm³/mol. The lowest BCUT2D eigenvalue weighted by Gasteiger charge is -2.33. The summed E-state index contributed by atoms with van der Waals surface area (Å²) in [5, 5.41) is 17.0. The molecule has 0 aliphatic heterocycles. The molecule has 0 atom stereocenters. The van der Waals surface area contributed by atoms with Gasteiger partial charge in [0.1, 0.15) is 11.2 Å². The number of hydrogen-bond donors (Lipinski definition) is 0. The highest BCUT2D eigenvalue weighted by molar-refractivity contribution is 6.25. The maximum absolute atomic E-state index is 9.81. The van der Waals surface area contributed by atoms with E-state index in [4.69, 9.17) is 15.4 Å². The Balaban J connectivity index is 1.32. The van der Waals surface area contributed by atoms with Crippen molar-refractivity contribution in [3.63, 3.8) is 0 Å². The van der Waals surface area contributed by atoms with Crippen molar-refractivity contribution in [2.75, 3.05) is 9.80 Å². The molecular formula is C52H34N4O2. The molecule has 10 aromatic rings. The molecule has 0 bridgehead atoms. The molecule has 0 aliphatic rings. The zero-order chi connectivity index (χ0) is 39.3. The molecule has 0 saturated carbocycles. The molecule has 0 fully saturated rings. The van der Waals surface area contributed by atoms with E-state index in [2.05, 4.69) is 113 Å². The number of rotatable bonds is 7. The molecule has 0 unspecified atom stereocenters. The van der Waals surface area contributed by atoms with Crippen molar-refractivity contribution in [3.05, 3.63) is 198 Å². The normalized spacial score (nSPS) is 11.7. The van der Waals surface area contributed by atoms with Crippen LogP contribution in [-0.4, -0.2) is 0 Å². The Morgan fingerprint density at radius 1 is 0.586 bits per heavy atom. The number of nitriles is 1. The van der Waals surface area contributed by atoms with E-state index in [-0.39, 0.29) is 0 Å². The van der Waals surface area contributed by atoms with Crippen molar-refractivity contribution in [1.29, 1.82) is 5.26 Å². The molecule has 0 amide bonds. The third kappa shape index (κ3) is 5.39. The fraction of sp³-hybridized carbons (Fsp3) is 0.0385. The molecule has 58 heavy (non-hydrogen) atoms. The highest BCUT2D eigenvalue weighted by Crippen LogP contribution is 2.52. The van der Waals surface area contributed by atoms with Gasteiger partial charge in [-0.05, 0) is 68.4 Å². The minimum atomic E-state index is 0.563. The second-order valence-electron chi connectivity index (χ2n) is 14.2. The quantitative estimate of drug-likeness (QED) is 0.0923. The standard InChI is InChI=1S/C52H34N4O2/c1-4-45(51-33(2)38-14-9-11-22-47(38)57-51)55(36-28-24-34(32-53)25-29-36)49-40-16-5-7-18-42(40)50(43-19-8-6-17-41(43)49)56(37-30-26-35(54-3)27-31-37)46-21-13-20-44-39-15-10-12-23-48(39)58-52(44)46/h4-31H,1-2H3/b45-4+. The van der Waals surface area contributed by atoms with Crippen LogP contribution in [0.25, 0.3) is 65.0 Å². The number of allylic oxidation sites excluding steroid dienone is 1. The van der Waals surface area contributed by atoms with Gasteiger partial charge in [-0.1, -0.05) is 115 Å². The third-order valence-electron chi connectivity index (χ3n) is 11.0. The van der Waals surface area contributed by atoms with Gasteiger partial charge in [0, 0.05) is 54.6 Å². The van der Waals surface area contributed by atoms with Crippen molar-refractivity contribution < 1.29 is 8.83 Å². The van der Waals surface area contributed by atoms with E-state index < -0.39 is 0 Å². The van der Waals surface area contributed by atoms with Gasteiger partial charge in [0.05, 0.1) is 41.0 Å². The summed E-state index contributed by atoms with van der Waals surface area (Å²) in [6.07, 6.45) is 2.11. The van der Waals surface area contributed by atoms with Crippen LogP contribution in [0.2, 0.25) is 0 Å². The van der Waals surface area contributed by atoms with Crippen LogP contribution in [0.3, 0.4) is 0 Å². The van der Waals surface area contributed by atoms with Crippen LogP contribution in [-0.2, 0) is 0 Å². The number of benzene rings is 8. The molecule has 8 aromatic carbocycles. The van der Waals surface area contributed by atoms with Crippen molar-refractivity contribution >= 4 is 94.3 Å². The van der Waals surface area contributed by atoms with Gasteiger partial charge in [-0.3, -0.25) is 0 Å². The van der Waals surface area contributed by atoms with Crippen LogP contribution in [0.4, 0.5) is 34.1 Å². The average Bonchev–Trinajstić information content (AvgIpc) is 3.83. The Bertz CT molecular complexity index is 3280. The first-order valence-corrected chi connectivity index (χ1v) is 19.1. The van der Waals surface area contributed by atoms with E-state index in [0.717, 1.165) is 99.9 Å². The van der Waals surface area contributed by atoms with Gasteiger partial charge in [-0.25, -0.2) is 4.85 Å². The molecule has 10 rings (SSSR count). The fourth-order valence-corrected chi connectivity index (χ4v) is 8.39. The number of hydrogen-bond acceptors (Lipinski definition) is 5. The van der Waals surface area contributed by atoms with Crippen LogP contribution >= 0.6 is 0 Å². The van der Waals surface area contributed by atoms with Crippen molar-refractivity contribution in [2.45, 2.75) is 13.8 Å². The molecule has 2 heterocycles. The fourth-order valence-electron chi connectivity index (χ4n) is 8.39. The van der Waals surface area contributed by atoms with Crippen LogP contribution in [0.5, 0.6) is 0 Å². The van der Waals surface area contributed by atoms with Gasteiger partial charge in [-0.2, -0.15) is 5.26 Å². The molecule has 0 N–H and O–H groups in total. The lowest BCUT2D eigenvalue weighted by molar-refractivity contribution is 0.594. The zero-order valence-corrected chi connectivity index (χ0v) is 31.8. The summed E-state index contributed by atoms with van der Waals surface area (Å²) in [5.41, 5.74) is 10.1. The lowest BCUT2D eigenvalue weighted by Crippen LogP contribution is -2.18. The zero-order valence-electron chi connectivity index (χ0n) is 31.8. The Morgan fingerprint density at radius 3 is 1.71 bits per heavy atom. The molecule has 0 saturated heterocycles.